The fourth-order valence-corrected chi connectivity index (χ4v) is 8.73. The predicted molar refractivity (Wildman–Crippen MR) is 176 cm³/mol. The molecule has 2 atom stereocenters. The van der Waals surface area contributed by atoms with E-state index in [0.29, 0.717) is 44.8 Å². The van der Waals surface area contributed by atoms with Crippen molar-refractivity contribution in [3.8, 4) is 17.0 Å². The van der Waals surface area contributed by atoms with Gasteiger partial charge in [0.2, 0.25) is 5.91 Å². The van der Waals surface area contributed by atoms with Crippen LogP contribution in [0.2, 0.25) is 0 Å². The monoisotopic (exact) mass is 648 g/mol. The number of aromatic nitrogens is 1. The molecule has 2 aromatic carbocycles. The third-order valence-corrected chi connectivity index (χ3v) is 12.4. The summed E-state index contributed by atoms with van der Waals surface area (Å²) in [7, 11) is 0.437. The maximum absolute atomic E-state index is 14.6. The number of hydrogen-bond acceptors (Lipinski definition) is 6. The van der Waals surface area contributed by atoms with Crippen LogP contribution in [0.5, 0.6) is 5.75 Å². The number of carbonyl (C=O) groups is 2. The minimum Gasteiger partial charge on any atom is -0.497 e. The first-order valence-electron chi connectivity index (χ1n) is 16.5. The van der Waals surface area contributed by atoms with Crippen molar-refractivity contribution in [1.82, 2.24) is 18.5 Å². The highest BCUT2D eigenvalue weighted by molar-refractivity contribution is 7.87. The Morgan fingerprint density at radius 1 is 1.04 bits per heavy atom. The minimum absolute atomic E-state index is 0.0124. The second-order valence-electron chi connectivity index (χ2n) is 14.3. The van der Waals surface area contributed by atoms with Gasteiger partial charge in [-0.2, -0.15) is 12.7 Å². The summed E-state index contributed by atoms with van der Waals surface area (Å²) in [4.78, 5) is 29.8. The Morgan fingerprint density at radius 2 is 1.76 bits per heavy atom. The van der Waals surface area contributed by atoms with E-state index in [-0.39, 0.29) is 17.4 Å². The van der Waals surface area contributed by atoms with E-state index in [1.807, 2.05) is 24.0 Å². The van der Waals surface area contributed by atoms with Gasteiger partial charge in [0.1, 0.15) is 5.75 Å². The van der Waals surface area contributed by atoms with Crippen LogP contribution in [-0.4, -0.2) is 79.0 Å². The lowest BCUT2D eigenvalue weighted by Gasteiger charge is -2.38. The van der Waals surface area contributed by atoms with Gasteiger partial charge < -0.3 is 19.3 Å². The number of aliphatic hydroxyl groups is 1. The van der Waals surface area contributed by atoms with Gasteiger partial charge in [0.05, 0.1) is 23.8 Å². The van der Waals surface area contributed by atoms with E-state index in [1.54, 1.807) is 19.2 Å². The molecule has 10 nitrogen and oxygen atoms in total. The number of rotatable bonds is 6. The van der Waals surface area contributed by atoms with Crippen molar-refractivity contribution < 1.29 is 27.9 Å². The molecule has 3 heterocycles. The summed E-state index contributed by atoms with van der Waals surface area (Å²) in [5, 5.41) is 11.7. The normalized spacial score (nSPS) is 24.1. The average molecular weight is 649 g/mol. The maximum atomic E-state index is 14.6. The topological polar surface area (TPSA) is 121 Å². The molecule has 3 fully saturated rings. The Labute approximate surface area is 270 Å². The Bertz CT molecular complexity index is 1830. The zero-order valence-corrected chi connectivity index (χ0v) is 28.0. The summed E-state index contributed by atoms with van der Waals surface area (Å²) >= 11 is 0. The quantitative estimate of drug-likeness (QED) is 0.398. The molecule has 0 bridgehead atoms. The molecular weight excluding hydrogens is 604 g/mol. The summed E-state index contributed by atoms with van der Waals surface area (Å²) in [6, 6.07) is 11.7. The van der Waals surface area contributed by atoms with Crippen LogP contribution in [0, 0.1) is 5.41 Å². The summed E-state index contributed by atoms with van der Waals surface area (Å²) in [5.74, 6) is 0.521. The molecule has 2 saturated carbocycles. The lowest BCUT2D eigenvalue weighted by molar-refractivity contribution is -0.141. The summed E-state index contributed by atoms with van der Waals surface area (Å²) in [6.45, 7) is 3.33. The van der Waals surface area contributed by atoms with E-state index < -0.39 is 27.1 Å². The Hall–Kier alpha value is -3.41. The molecule has 2 N–H and O–H groups in total. The van der Waals surface area contributed by atoms with Crippen LogP contribution in [0.25, 0.3) is 22.2 Å². The van der Waals surface area contributed by atoms with Crippen LogP contribution in [0.1, 0.15) is 91.6 Å². The number of likely N-dealkylation sites (tertiary alicyclic amines) is 1. The molecule has 0 radical (unpaired) electrons. The van der Waals surface area contributed by atoms with Crippen molar-refractivity contribution in [3.63, 3.8) is 0 Å². The van der Waals surface area contributed by atoms with Crippen LogP contribution >= 0.6 is 0 Å². The lowest BCUT2D eigenvalue weighted by atomic mass is 9.81. The molecule has 46 heavy (non-hydrogen) atoms. The van der Waals surface area contributed by atoms with Gasteiger partial charge in [0.15, 0.2) is 0 Å². The first kappa shape index (κ1) is 31.2. The number of amides is 2. The van der Waals surface area contributed by atoms with Gasteiger partial charge in [-0.15, -0.1) is 0 Å². The number of ether oxygens (including phenoxy) is 1. The molecule has 11 heteroatoms. The fraction of sp³-hybridized carbons (Fsp3) is 0.543. The smallest absolute Gasteiger partial charge is 0.303 e. The van der Waals surface area contributed by atoms with Gasteiger partial charge in [-0.1, -0.05) is 25.3 Å². The highest BCUT2D eigenvalue weighted by Gasteiger charge is 2.64. The Morgan fingerprint density at radius 3 is 2.43 bits per heavy atom. The van der Waals surface area contributed by atoms with Gasteiger partial charge in [-0.3, -0.25) is 9.59 Å². The average Bonchev–Trinajstić information content (AvgIpc) is 3.70. The van der Waals surface area contributed by atoms with Crippen molar-refractivity contribution in [3.05, 3.63) is 53.1 Å². The summed E-state index contributed by atoms with van der Waals surface area (Å²) in [5.41, 5.74) is 4.22. The zero-order chi connectivity index (χ0) is 32.6. The zero-order valence-electron chi connectivity index (χ0n) is 27.1. The van der Waals surface area contributed by atoms with Gasteiger partial charge in [0, 0.05) is 61.7 Å². The molecule has 2 aliphatic heterocycles. The van der Waals surface area contributed by atoms with E-state index in [1.165, 1.54) is 26.1 Å². The number of nitrogens with one attached hydrogen (secondary N) is 1. The Balaban J connectivity index is 1.42. The molecule has 2 unspecified atom stereocenters. The Kier molecular flexibility index (Phi) is 7.53. The predicted octanol–water partition coefficient (Wildman–Crippen LogP) is 4.76. The minimum atomic E-state index is -3.98. The third-order valence-electron chi connectivity index (χ3n) is 11.0. The van der Waals surface area contributed by atoms with E-state index in [2.05, 4.69) is 21.4 Å². The van der Waals surface area contributed by atoms with Crippen LogP contribution in [0.3, 0.4) is 0 Å². The highest BCUT2D eigenvalue weighted by atomic mass is 32.2. The van der Waals surface area contributed by atoms with Crippen LogP contribution in [0.4, 0.5) is 0 Å². The molecule has 2 aliphatic carbocycles. The second kappa shape index (κ2) is 11.1. The van der Waals surface area contributed by atoms with Gasteiger partial charge in [-0.25, -0.2) is 4.72 Å². The van der Waals surface area contributed by atoms with E-state index in [9.17, 15) is 23.1 Å². The van der Waals surface area contributed by atoms with E-state index >= 15 is 0 Å². The second-order valence-corrected chi connectivity index (χ2v) is 16.2. The molecule has 1 saturated heterocycles. The first-order chi connectivity index (χ1) is 21.8. The van der Waals surface area contributed by atoms with Crippen molar-refractivity contribution in [2.75, 3.05) is 34.3 Å². The number of piperidine rings is 1. The van der Waals surface area contributed by atoms with Crippen molar-refractivity contribution in [2.45, 2.75) is 82.3 Å². The highest BCUT2D eigenvalue weighted by Crippen LogP contribution is 2.66. The lowest BCUT2D eigenvalue weighted by Crippen LogP contribution is -2.48. The fourth-order valence-electron chi connectivity index (χ4n) is 8.20. The molecule has 1 aromatic heterocycles. The van der Waals surface area contributed by atoms with Gasteiger partial charge >= 0.3 is 10.2 Å². The number of fused-ring (bicyclic) bond motifs is 7. The van der Waals surface area contributed by atoms with E-state index in [4.69, 9.17) is 4.74 Å². The largest absolute Gasteiger partial charge is 0.497 e. The number of carbonyl (C=O) groups excluding carboxylic acids is 2. The molecule has 7 rings (SSSR count). The van der Waals surface area contributed by atoms with Crippen molar-refractivity contribution >= 4 is 32.9 Å². The van der Waals surface area contributed by atoms with Gasteiger partial charge in [0.25, 0.3) is 5.91 Å². The molecule has 3 aromatic rings. The maximum Gasteiger partial charge on any atom is 0.303 e. The van der Waals surface area contributed by atoms with E-state index in [0.717, 1.165) is 63.5 Å². The van der Waals surface area contributed by atoms with Crippen LogP contribution in [0.15, 0.2) is 36.4 Å². The number of hydrogen-bond donors (Lipinski definition) is 2. The van der Waals surface area contributed by atoms with Crippen molar-refractivity contribution in [1.29, 1.82) is 0 Å². The molecule has 4 aliphatic rings. The number of nitrogens with zero attached hydrogens (tertiary/aromatic N) is 3. The number of benzene rings is 2. The van der Waals surface area contributed by atoms with Crippen molar-refractivity contribution in [2.24, 2.45) is 5.41 Å². The molecule has 246 valence electrons. The third kappa shape index (κ3) is 5.11. The number of methoxy groups -OCH3 is 1. The standard InChI is InChI=1S/C35H44N4O6S/c1-34(42)14-16-38(17-15-34)33(41)35-20-28(35)27-19-24(45-4)11-13-25(27)31-30(22-8-6-5-7-9-22)26-12-10-23(18-29(26)39(31)21-35)32(40)36-46(43,44)37(2)3/h10-13,18-19,22,28,42H,5-9,14-17,20-21H2,1-4H3,(H,36,40). The molecular formula is C35H44N4O6S. The summed E-state index contributed by atoms with van der Waals surface area (Å²) < 4.78 is 36.2. The SMILES string of the molecule is COc1ccc2c(c1)C1CC1(C(=O)N1CCC(C)(O)CC1)Cn1c-2c(C2CCCCC2)c2ccc(C(=O)NS(=O)(=O)N(C)C)cc21. The van der Waals surface area contributed by atoms with Gasteiger partial charge in [-0.05, 0) is 86.4 Å². The van der Waals surface area contributed by atoms with Crippen LogP contribution in [-0.2, 0) is 21.5 Å². The molecule has 2 amide bonds. The molecule has 0 spiro atoms. The van der Waals surface area contributed by atoms with Crippen LogP contribution < -0.4 is 9.46 Å². The first-order valence-corrected chi connectivity index (χ1v) is 17.9. The summed E-state index contributed by atoms with van der Waals surface area (Å²) in [6.07, 6.45) is 7.45.